The summed E-state index contributed by atoms with van der Waals surface area (Å²) in [5.41, 5.74) is 2.23. The predicted octanol–water partition coefficient (Wildman–Crippen LogP) is 4.14. The van der Waals surface area contributed by atoms with Gasteiger partial charge in [-0.2, -0.15) is 5.10 Å². The first-order valence-corrected chi connectivity index (χ1v) is 11.1. The van der Waals surface area contributed by atoms with E-state index in [0.717, 1.165) is 10.9 Å². The number of halogens is 3. The third kappa shape index (κ3) is 3.78. The molecule has 2 aromatic carbocycles. The number of fused-ring (bicyclic) bond motifs is 1. The molecule has 2 aliphatic heterocycles. The average Bonchev–Trinajstić information content (AvgIpc) is 3.46. The molecular formula is C22H20Cl2FN5O2. The Morgan fingerprint density at radius 3 is 2.62 bits per heavy atom. The summed E-state index contributed by atoms with van der Waals surface area (Å²) >= 11 is 12.3. The number of alkyl halides is 1. The molecule has 3 heterocycles. The van der Waals surface area contributed by atoms with Gasteiger partial charge in [-0.3, -0.25) is 9.69 Å². The van der Waals surface area contributed by atoms with Gasteiger partial charge in [-0.05, 0) is 36.8 Å². The number of carbonyl (C=O) groups is 2. The Labute approximate surface area is 193 Å². The lowest BCUT2D eigenvalue weighted by Crippen LogP contribution is -2.41. The molecule has 0 N–H and O–H groups in total. The van der Waals surface area contributed by atoms with Gasteiger partial charge in [0.1, 0.15) is 12.7 Å². The molecule has 3 amide bonds. The number of anilines is 1. The Bertz CT molecular complexity index is 1200. The molecular weight excluding hydrogens is 456 g/mol. The molecule has 0 radical (unpaired) electrons. The number of hydrogen-bond donors (Lipinski definition) is 0. The van der Waals surface area contributed by atoms with Gasteiger partial charge in [0.2, 0.25) is 5.91 Å². The molecule has 0 aliphatic carbocycles. The topological polar surface area (TPSA) is 61.7 Å². The van der Waals surface area contributed by atoms with Gasteiger partial charge in [0.25, 0.3) is 0 Å². The highest BCUT2D eigenvalue weighted by atomic mass is 35.5. The molecule has 0 saturated carbocycles. The van der Waals surface area contributed by atoms with Crippen molar-refractivity contribution in [3.05, 3.63) is 52.6 Å². The second-order valence-corrected chi connectivity index (χ2v) is 8.85. The van der Waals surface area contributed by atoms with Crippen molar-refractivity contribution in [1.82, 2.24) is 19.6 Å². The minimum absolute atomic E-state index is 0.0433. The molecule has 2 fully saturated rings. The van der Waals surface area contributed by atoms with Crippen molar-refractivity contribution in [2.75, 3.05) is 37.6 Å². The van der Waals surface area contributed by atoms with Crippen LogP contribution in [-0.4, -0.2) is 70.4 Å². The fourth-order valence-corrected chi connectivity index (χ4v) is 4.81. The van der Waals surface area contributed by atoms with Crippen LogP contribution in [0.2, 0.25) is 10.0 Å². The van der Waals surface area contributed by atoms with E-state index in [9.17, 15) is 14.0 Å². The lowest BCUT2D eigenvalue weighted by atomic mass is 10.2. The van der Waals surface area contributed by atoms with Gasteiger partial charge in [0.05, 0.1) is 29.6 Å². The van der Waals surface area contributed by atoms with Crippen molar-refractivity contribution >= 4 is 51.7 Å². The maximum Gasteiger partial charge on any atom is 0.325 e. The van der Waals surface area contributed by atoms with Crippen molar-refractivity contribution < 1.29 is 14.0 Å². The van der Waals surface area contributed by atoms with Gasteiger partial charge in [0, 0.05) is 35.1 Å². The van der Waals surface area contributed by atoms with E-state index in [-0.39, 0.29) is 25.0 Å². The quantitative estimate of drug-likeness (QED) is 0.569. The minimum atomic E-state index is -0.978. The average molecular weight is 476 g/mol. The van der Waals surface area contributed by atoms with Crippen LogP contribution in [0.4, 0.5) is 14.9 Å². The highest BCUT2D eigenvalue weighted by Crippen LogP contribution is 2.32. The Hall–Kier alpha value is -2.84. The Morgan fingerprint density at radius 2 is 1.91 bits per heavy atom. The maximum atomic E-state index is 13.4. The van der Waals surface area contributed by atoms with Crippen LogP contribution < -0.4 is 4.90 Å². The fourth-order valence-electron chi connectivity index (χ4n) is 4.30. The molecule has 0 unspecified atom stereocenters. The SMILES string of the molecule is O=C(CN1CCN(c2cccc3c2cnn3-c2cc(Cl)cc(Cl)c2)C1=O)N1CC[C@H](F)C1. The lowest BCUT2D eigenvalue weighted by Gasteiger charge is -2.22. The maximum absolute atomic E-state index is 13.4. The molecule has 10 heteroatoms. The lowest BCUT2D eigenvalue weighted by molar-refractivity contribution is -0.130. The summed E-state index contributed by atoms with van der Waals surface area (Å²) in [4.78, 5) is 30.2. The minimum Gasteiger partial charge on any atom is -0.338 e. The number of rotatable bonds is 4. The van der Waals surface area contributed by atoms with E-state index in [1.54, 1.807) is 34.0 Å². The molecule has 2 aliphatic rings. The number of benzene rings is 2. The molecule has 5 rings (SSSR count). The number of likely N-dealkylation sites (tertiary alicyclic amines) is 1. The van der Waals surface area contributed by atoms with Crippen LogP contribution in [0.25, 0.3) is 16.6 Å². The van der Waals surface area contributed by atoms with Crippen LogP contribution in [0.3, 0.4) is 0 Å². The van der Waals surface area contributed by atoms with Crippen molar-refractivity contribution in [2.24, 2.45) is 0 Å². The first kappa shape index (κ1) is 21.0. The standard InChI is InChI=1S/C22H20Cl2FN5O2/c23-14-8-15(24)10-17(9-14)30-20-3-1-2-19(18(20)11-26-30)29-7-6-28(22(29)32)13-21(31)27-5-4-16(25)12-27/h1-3,8-11,16H,4-7,12-13H2/t16-/m0/s1. The second-order valence-electron chi connectivity index (χ2n) is 7.98. The Morgan fingerprint density at radius 1 is 1.12 bits per heavy atom. The molecule has 3 aromatic rings. The summed E-state index contributed by atoms with van der Waals surface area (Å²) in [6.07, 6.45) is 1.08. The molecule has 0 bridgehead atoms. The fraction of sp³-hybridized carbons (Fsp3) is 0.318. The van der Waals surface area contributed by atoms with Crippen molar-refractivity contribution in [3.8, 4) is 5.69 Å². The van der Waals surface area contributed by atoms with Crippen LogP contribution >= 0.6 is 23.2 Å². The Kier molecular flexibility index (Phi) is 5.43. The normalized spacial score (nSPS) is 18.9. The highest BCUT2D eigenvalue weighted by Gasteiger charge is 2.34. The van der Waals surface area contributed by atoms with Gasteiger partial charge in [-0.1, -0.05) is 29.3 Å². The molecule has 166 valence electrons. The number of urea groups is 1. The highest BCUT2D eigenvalue weighted by molar-refractivity contribution is 6.34. The van der Waals surface area contributed by atoms with Crippen molar-refractivity contribution in [3.63, 3.8) is 0 Å². The number of aromatic nitrogens is 2. The first-order valence-electron chi connectivity index (χ1n) is 10.3. The second kappa shape index (κ2) is 8.26. The summed E-state index contributed by atoms with van der Waals surface area (Å²) in [5.74, 6) is -0.218. The molecule has 0 spiro atoms. The largest absolute Gasteiger partial charge is 0.338 e. The molecule has 7 nitrogen and oxygen atoms in total. The van der Waals surface area contributed by atoms with Gasteiger partial charge in [0.15, 0.2) is 0 Å². The van der Waals surface area contributed by atoms with E-state index in [1.165, 1.54) is 9.80 Å². The zero-order chi connectivity index (χ0) is 22.4. The monoisotopic (exact) mass is 475 g/mol. The van der Waals surface area contributed by atoms with E-state index in [4.69, 9.17) is 23.2 Å². The van der Waals surface area contributed by atoms with E-state index in [1.807, 2.05) is 18.2 Å². The third-order valence-corrected chi connectivity index (χ3v) is 6.31. The van der Waals surface area contributed by atoms with Crippen LogP contribution in [0.5, 0.6) is 0 Å². The van der Waals surface area contributed by atoms with Crippen LogP contribution in [0.15, 0.2) is 42.6 Å². The van der Waals surface area contributed by atoms with Gasteiger partial charge < -0.3 is 9.80 Å². The van der Waals surface area contributed by atoms with Crippen LogP contribution in [0, 0.1) is 0 Å². The number of nitrogens with zero attached hydrogens (tertiary/aromatic N) is 5. The number of amides is 3. The van der Waals surface area contributed by atoms with Crippen molar-refractivity contribution in [2.45, 2.75) is 12.6 Å². The van der Waals surface area contributed by atoms with Crippen LogP contribution in [0.1, 0.15) is 6.42 Å². The zero-order valence-electron chi connectivity index (χ0n) is 17.0. The summed E-state index contributed by atoms with van der Waals surface area (Å²) in [6.45, 7) is 1.34. The predicted molar refractivity (Wildman–Crippen MR) is 121 cm³/mol. The van der Waals surface area contributed by atoms with E-state index in [0.29, 0.717) is 47.5 Å². The summed E-state index contributed by atoms with van der Waals surface area (Å²) in [5, 5.41) is 6.28. The van der Waals surface area contributed by atoms with Crippen LogP contribution in [-0.2, 0) is 4.79 Å². The number of hydrogen-bond acceptors (Lipinski definition) is 3. The van der Waals surface area contributed by atoms with Gasteiger partial charge in [-0.25, -0.2) is 13.9 Å². The summed E-state index contributed by atoms with van der Waals surface area (Å²) < 4.78 is 15.1. The van der Waals surface area contributed by atoms with E-state index in [2.05, 4.69) is 5.10 Å². The molecule has 1 atom stereocenters. The molecule has 32 heavy (non-hydrogen) atoms. The Balaban J connectivity index is 1.40. The third-order valence-electron chi connectivity index (χ3n) is 5.88. The van der Waals surface area contributed by atoms with E-state index < -0.39 is 6.17 Å². The van der Waals surface area contributed by atoms with Gasteiger partial charge >= 0.3 is 6.03 Å². The first-order chi connectivity index (χ1) is 15.4. The smallest absolute Gasteiger partial charge is 0.325 e. The van der Waals surface area contributed by atoms with E-state index >= 15 is 0 Å². The van der Waals surface area contributed by atoms with Gasteiger partial charge in [-0.15, -0.1) is 0 Å². The number of carbonyl (C=O) groups excluding carboxylic acids is 2. The molecule has 1 aromatic heterocycles. The summed E-state index contributed by atoms with van der Waals surface area (Å²) in [7, 11) is 0. The van der Waals surface area contributed by atoms with Crippen molar-refractivity contribution in [1.29, 1.82) is 0 Å². The zero-order valence-corrected chi connectivity index (χ0v) is 18.6. The molecule has 2 saturated heterocycles. The summed E-state index contributed by atoms with van der Waals surface area (Å²) in [6, 6.07) is 10.6.